The van der Waals surface area contributed by atoms with Crippen LogP contribution in [0.25, 0.3) is 0 Å². The van der Waals surface area contributed by atoms with E-state index in [0.717, 1.165) is 18.9 Å². The molecule has 0 bridgehead atoms. The first-order valence-corrected chi connectivity index (χ1v) is 7.16. The number of aryl methyl sites for hydroxylation is 1. The zero-order valence-corrected chi connectivity index (χ0v) is 12.3. The molecule has 21 heavy (non-hydrogen) atoms. The third-order valence-electron chi connectivity index (χ3n) is 3.91. The second-order valence-electron chi connectivity index (χ2n) is 5.61. The highest BCUT2D eigenvalue weighted by molar-refractivity contribution is 5.95. The second-order valence-corrected chi connectivity index (χ2v) is 5.61. The van der Waals surface area contributed by atoms with Gasteiger partial charge in [-0.15, -0.1) is 0 Å². The molecule has 1 aromatic rings. The Balaban J connectivity index is 2.33. The monoisotopic (exact) mass is 295 g/mol. The van der Waals surface area contributed by atoms with E-state index in [1.807, 2.05) is 0 Å². The van der Waals surface area contributed by atoms with E-state index in [-0.39, 0.29) is 23.8 Å². The highest BCUT2D eigenvalue weighted by Gasteiger charge is 2.31. The number of likely N-dealkylation sites (tertiary alicyclic amines) is 1. The Kier molecular flexibility index (Phi) is 4.70. The van der Waals surface area contributed by atoms with E-state index in [1.54, 1.807) is 0 Å². The van der Waals surface area contributed by atoms with E-state index in [1.165, 1.54) is 24.8 Å². The van der Waals surface area contributed by atoms with Crippen LogP contribution in [-0.2, 0) is 4.79 Å². The van der Waals surface area contributed by atoms with Crippen LogP contribution in [0.4, 0.5) is 8.78 Å². The van der Waals surface area contributed by atoms with Gasteiger partial charge in [-0.1, -0.05) is 6.07 Å². The van der Waals surface area contributed by atoms with E-state index in [2.05, 4.69) is 0 Å². The third-order valence-corrected chi connectivity index (χ3v) is 3.91. The molecule has 0 aromatic heterocycles. The number of carbonyl (C=O) groups excluding carboxylic acids is 2. The molecular formula is C16H19F2NO2. The normalized spacial score (nSPS) is 18.7. The number of halogens is 2. The largest absolute Gasteiger partial charge is 0.335 e. The van der Waals surface area contributed by atoms with Gasteiger partial charge in [0.05, 0.1) is 0 Å². The van der Waals surface area contributed by atoms with Gasteiger partial charge >= 0.3 is 0 Å². The minimum Gasteiger partial charge on any atom is -0.335 e. The molecule has 5 heteroatoms. The first kappa shape index (κ1) is 15.6. The molecule has 1 atom stereocenters. The van der Waals surface area contributed by atoms with Gasteiger partial charge in [0, 0.05) is 19.0 Å². The van der Waals surface area contributed by atoms with Crippen molar-refractivity contribution >= 4 is 11.7 Å². The van der Waals surface area contributed by atoms with Crippen molar-refractivity contribution in [2.75, 3.05) is 6.54 Å². The first-order chi connectivity index (χ1) is 9.91. The Morgan fingerprint density at radius 2 is 2.00 bits per heavy atom. The Bertz CT molecular complexity index is 572. The minimum absolute atomic E-state index is 0.0233. The van der Waals surface area contributed by atoms with Crippen LogP contribution < -0.4 is 0 Å². The number of piperidine rings is 1. The topological polar surface area (TPSA) is 37.4 Å². The summed E-state index contributed by atoms with van der Waals surface area (Å²) in [6.07, 6.45) is 2.64. The standard InChI is InChI=1S/C16H19F2NO2/c1-10-6-7-13(17)14(15(10)18)16(21)19-8-4-3-5-12(19)9-11(2)20/h6-7,12H,3-5,8-9H2,1-2H3. The number of amides is 1. The van der Waals surface area contributed by atoms with Crippen molar-refractivity contribution in [1.29, 1.82) is 0 Å². The van der Waals surface area contributed by atoms with Crippen LogP contribution in [0.1, 0.15) is 48.5 Å². The maximum absolute atomic E-state index is 14.1. The van der Waals surface area contributed by atoms with Crippen LogP contribution in [-0.4, -0.2) is 29.2 Å². The zero-order chi connectivity index (χ0) is 15.6. The number of hydrogen-bond donors (Lipinski definition) is 0. The highest BCUT2D eigenvalue weighted by Crippen LogP contribution is 2.25. The summed E-state index contributed by atoms with van der Waals surface area (Å²) in [5.74, 6) is -2.34. The summed E-state index contributed by atoms with van der Waals surface area (Å²) in [4.78, 5) is 25.3. The number of rotatable bonds is 3. The number of benzene rings is 1. The summed E-state index contributed by atoms with van der Waals surface area (Å²) in [5.41, 5.74) is -0.273. The molecule has 0 radical (unpaired) electrons. The lowest BCUT2D eigenvalue weighted by Gasteiger charge is -2.35. The summed E-state index contributed by atoms with van der Waals surface area (Å²) in [6, 6.07) is 2.16. The molecule has 0 N–H and O–H groups in total. The molecular weight excluding hydrogens is 276 g/mol. The SMILES string of the molecule is CC(=O)CC1CCCCN1C(=O)c1c(F)ccc(C)c1F. The van der Waals surface area contributed by atoms with Crippen molar-refractivity contribution in [2.45, 2.75) is 45.6 Å². The number of Topliss-reactive ketones (excluding diaryl/α,β-unsaturated/α-hetero) is 1. The molecule has 1 saturated heterocycles. The summed E-state index contributed by atoms with van der Waals surface area (Å²) < 4.78 is 28.0. The summed E-state index contributed by atoms with van der Waals surface area (Å²) >= 11 is 0. The molecule has 1 heterocycles. The molecule has 1 unspecified atom stereocenters. The van der Waals surface area contributed by atoms with Crippen LogP contribution in [0.5, 0.6) is 0 Å². The van der Waals surface area contributed by atoms with Gasteiger partial charge < -0.3 is 4.90 Å². The average Bonchev–Trinajstić information content (AvgIpc) is 2.43. The Labute approximate surface area is 122 Å². The molecule has 1 aliphatic rings. The van der Waals surface area contributed by atoms with Crippen LogP contribution in [0.2, 0.25) is 0 Å². The summed E-state index contributed by atoms with van der Waals surface area (Å²) in [7, 11) is 0. The quantitative estimate of drug-likeness (QED) is 0.858. The highest BCUT2D eigenvalue weighted by atomic mass is 19.1. The Morgan fingerprint density at radius 1 is 1.29 bits per heavy atom. The number of ketones is 1. The van der Waals surface area contributed by atoms with Crippen LogP contribution in [0.15, 0.2) is 12.1 Å². The maximum atomic E-state index is 14.1. The number of nitrogens with zero attached hydrogens (tertiary/aromatic N) is 1. The molecule has 3 nitrogen and oxygen atoms in total. The van der Waals surface area contributed by atoms with Crippen molar-refractivity contribution in [2.24, 2.45) is 0 Å². The van der Waals surface area contributed by atoms with E-state index in [9.17, 15) is 18.4 Å². The van der Waals surface area contributed by atoms with Crippen molar-refractivity contribution in [3.8, 4) is 0 Å². The average molecular weight is 295 g/mol. The van der Waals surface area contributed by atoms with Crippen LogP contribution in [0, 0.1) is 18.6 Å². The summed E-state index contributed by atoms with van der Waals surface area (Å²) in [5, 5.41) is 0. The van der Waals surface area contributed by atoms with Crippen molar-refractivity contribution < 1.29 is 18.4 Å². The Morgan fingerprint density at radius 3 is 2.67 bits per heavy atom. The van der Waals surface area contributed by atoms with Crippen molar-refractivity contribution in [3.63, 3.8) is 0 Å². The fourth-order valence-electron chi connectivity index (χ4n) is 2.81. The number of hydrogen-bond acceptors (Lipinski definition) is 2. The fourth-order valence-corrected chi connectivity index (χ4v) is 2.81. The lowest BCUT2D eigenvalue weighted by Crippen LogP contribution is -2.45. The second kappa shape index (κ2) is 6.33. The molecule has 1 amide bonds. The summed E-state index contributed by atoms with van der Waals surface area (Å²) in [6.45, 7) is 3.39. The molecule has 1 aliphatic heterocycles. The van der Waals surface area contributed by atoms with Gasteiger partial charge in [0.25, 0.3) is 5.91 Å². The predicted molar refractivity (Wildman–Crippen MR) is 75.1 cm³/mol. The van der Waals surface area contributed by atoms with Crippen LogP contribution in [0.3, 0.4) is 0 Å². The molecule has 114 valence electrons. The fraction of sp³-hybridized carbons (Fsp3) is 0.500. The predicted octanol–water partition coefficient (Wildman–Crippen LogP) is 3.25. The molecule has 0 saturated carbocycles. The van der Waals surface area contributed by atoms with E-state index >= 15 is 0 Å². The van der Waals surface area contributed by atoms with Crippen LogP contribution >= 0.6 is 0 Å². The van der Waals surface area contributed by atoms with E-state index in [4.69, 9.17) is 0 Å². The number of carbonyl (C=O) groups is 2. The third kappa shape index (κ3) is 3.28. The van der Waals surface area contributed by atoms with Gasteiger partial charge in [0.15, 0.2) is 0 Å². The van der Waals surface area contributed by atoms with E-state index in [0.29, 0.717) is 13.0 Å². The molecule has 0 spiro atoms. The first-order valence-electron chi connectivity index (χ1n) is 7.16. The van der Waals surface area contributed by atoms with Gasteiger partial charge in [-0.3, -0.25) is 9.59 Å². The molecule has 1 fully saturated rings. The van der Waals surface area contributed by atoms with Gasteiger partial charge in [-0.05, 0) is 44.7 Å². The van der Waals surface area contributed by atoms with Gasteiger partial charge in [-0.25, -0.2) is 8.78 Å². The maximum Gasteiger partial charge on any atom is 0.260 e. The zero-order valence-electron chi connectivity index (χ0n) is 12.3. The minimum atomic E-state index is -0.852. The molecule has 1 aromatic carbocycles. The van der Waals surface area contributed by atoms with Gasteiger partial charge in [0.2, 0.25) is 0 Å². The van der Waals surface area contributed by atoms with E-state index < -0.39 is 23.1 Å². The lowest BCUT2D eigenvalue weighted by molar-refractivity contribution is -0.118. The van der Waals surface area contributed by atoms with Crippen molar-refractivity contribution in [1.82, 2.24) is 4.90 Å². The van der Waals surface area contributed by atoms with Gasteiger partial charge in [-0.2, -0.15) is 0 Å². The molecule has 0 aliphatic carbocycles. The van der Waals surface area contributed by atoms with Gasteiger partial charge in [0.1, 0.15) is 23.0 Å². The van der Waals surface area contributed by atoms with Crippen molar-refractivity contribution in [3.05, 3.63) is 34.9 Å². The lowest BCUT2D eigenvalue weighted by atomic mass is 9.96. The molecule has 2 rings (SSSR count). The smallest absolute Gasteiger partial charge is 0.260 e. The Hall–Kier alpha value is -1.78.